The molecule has 1 aromatic rings. The number of likely N-dealkylation sites (tertiary alicyclic amines) is 2. The first-order valence-electron chi connectivity index (χ1n) is 21.1. The maximum absolute atomic E-state index is 2.87. The summed E-state index contributed by atoms with van der Waals surface area (Å²) in [5.41, 5.74) is 4.94. The molecule has 5 aliphatic rings. The normalized spacial score (nSPS) is 29.2. The minimum absolute atomic E-state index is 0. The van der Waals surface area contributed by atoms with E-state index >= 15 is 0 Å². The fraction of sp³-hybridized carbons (Fsp3) is 0.880. The van der Waals surface area contributed by atoms with Gasteiger partial charge in [-0.3, -0.25) is 9.80 Å². The number of rotatable bonds is 0. The van der Waals surface area contributed by atoms with E-state index in [1.54, 1.807) is 0 Å². The summed E-state index contributed by atoms with van der Waals surface area (Å²) in [4.78, 5) is 8.34. The first-order valence-corrected chi connectivity index (χ1v) is 21.1. The van der Waals surface area contributed by atoms with Gasteiger partial charge in [0.1, 0.15) is 0 Å². The van der Waals surface area contributed by atoms with Crippen LogP contribution in [0.2, 0.25) is 0 Å². The maximum atomic E-state index is 2.87. The lowest BCUT2D eigenvalue weighted by Crippen LogP contribution is -2.53. The average molecular weight is 740 g/mol. The van der Waals surface area contributed by atoms with E-state index in [0.717, 1.165) is 36.0 Å². The summed E-state index contributed by atoms with van der Waals surface area (Å²) in [6.45, 7) is 42.9. The molecule has 2 saturated carbocycles. The molecule has 7 atom stereocenters. The van der Waals surface area contributed by atoms with Crippen molar-refractivity contribution in [2.24, 2.45) is 28.1 Å². The van der Waals surface area contributed by atoms with E-state index in [0.29, 0.717) is 33.4 Å². The van der Waals surface area contributed by atoms with Gasteiger partial charge in [-0.05, 0) is 147 Å². The molecule has 3 heterocycles. The molecule has 1 aromatic carbocycles. The topological polar surface area (TPSA) is 9.72 Å². The molecule has 3 aliphatic heterocycles. The Morgan fingerprint density at radius 3 is 1.23 bits per heavy atom. The monoisotopic (exact) mass is 740 g/mol. The van der Waals surface area contributed by atoms with Gasteiger partial charge in [-0.15, -0.1) is 0 Å². The minimum Gasteiger partial charge on any atom is -0.363 e. The lowest BCUT2D eigenvalue weighted by molar-refractivity contribution is 0.0140. The zero-order chi connectivity index (χ0) is 37.8. The number of fused-ring (bicyclic) bond motifs is 3. The van der Waals surface area contributed by atoms with Gasteiger partial charge in [0.15, 0.2) is 0 Å². The quantitative estimate of drug-likeness (QED) is 0.262. The van der Waals surface area contributed by atoms with Crippen molar-refractivity contribution >= 4 is 5.69 Å². The van der Waals surface area contributed by atoms with Crippen LogP contribution < -0.4 is 4.90 Å². The van der Waals surface area contributed by atoms with Gasteiger partial charge in [0.2, 0.25) is 0 Å². The fourth-order valence-electron chi connectivity index (χ4n) is 11.1. The minimum atomic E-state index is 0. The molecule has 0 aromatic heterocycles. The summed E-state index contributed by atoms with van der Waals surface area (Å²) in [6, 6.07) is 12.8. The van der Waals surface area contributed by atoms with Crippen LogP contribution in [0.1, 0.15) is 210 Å². The van der Waals surface area contributed by atoms with E-state index in [1.807, 2.05) is 0 Å². The molecule has 312 valence electrons. The summed E-state index contributed by atoms with van der Waals surface area (Å²) in [5.74, 6) is 1.97. The van der Waals surface area contributed by atoms with Crippen molar-refractivity contribution in [3.05, 3.63) is 29.8 Å². The molecule has 3 heteroatoms. The SMILES string of the molecule is C.C.C.CC(C)(C)C1CC2CCCC2N1C(C)(C)C.CC(C)(C)C1CC2CCCCC2N1C(C)(C)C.CC(C)(C)C1Cc2ccccc2N1C(C)(C)C. The van der Waals surface area contributed by atoms with Crippen molar-refractivity contribution in [2.45, 2.75) is 258 Å². The van der Waals surface area contributed by atoms with Crippen LogP contribution in [0.4, 0.5) is 5.69 Å². The van der Waals surface area contributed by atoms with Crippen LogP contribution in [-0.4, -0.2) is 56.6 Å². The number of anilines is 1. The van der Waals surface area contributed by atoms with Crippen LogP contribution in [0, 0.1) is 28.1 Å². The van der Waals surface area contributed by atoms with Crippen molar-refractivity contribution in [2.75, 3.05) is 4.90 Å². The summed E-state index contributed by atoms with van der Waals surface area (Å²) >= 11 is 0. The van der Waals surface area contributed by atoms with Crippen molar-refractivity contribution in [3.8, 4) is 0 Å². The van der Waals surface area contributed by atoms with Crippen molar-refractivity contribution < 1.29 is 0 Å². The predicted octanol–water partition coefficient (Wildman–Crippen LogP) is 14.7. The molecule has 2 aliphatic carbocycles. The summed E-state index contributed by atoms with van der Waals surface area (Å²) in [7, 11) is 0. The Morgan fingerprint density at radius 2 is 0.830 bits per heavy atom. The van der Waals surface area contributed by atoms with Gasteiger partial charge in [-0.1, -0.05) is 122 Å². The molecule has 6 rings (SSSR count). The first kappa shape index (κ1) is 50.0. The second-order valence-electron chi connectivity index (χ2n) is 23.5. The summed E-state index contributed by atoms with van der Waals surface area (Å²) in [6.07, 6.45) is 14.3. The second-order valence-corrected chi connectivity index (χ2v) is 23.5. The highest BCUT2D eigenvalue weighted by Gasteiger charge is 2.52. The Morgan fingerprint density at radius 1 is 0.453 bits per heavy atom. The third kappa shape index (κ3) is 11.5. The molecule has 4 fully saturated rings. The van der Waals surface area contributed by atoms with Crippen LogP contribution in [-0.2, 0) is 6.42 Å². The van der Waals surface area contributed by atoms with Gasteiger partial charge in [0.05, 0.1) is 0 Å². The first-order chi connectivity index (χ1) is 22.6. The number of para-hydroxylation sites is 1. The molecular formula is C50H97N3. The van der Waals surface area contributed by atoms with Crippen LogP contribution in [0.15, 0.2) is 24.3 Å². The lowest BCUT2D eigenvalue weighted by atomic mass is 9.80. The Hall–Kier alpha value is -1.06. The third-order valence-corrected chi connectivity index (χ3v) is 13.2. The standard InChI is InChI=1S/C16H31N.C16H25N.C15H29N.3CH4/c2*1-15(2,3)14-11-12-9-7-8-10-13(12)17(14)16(4,5)6;1-14(2,3)13-10-11-8-7-9-12(11)16(13)15(4,5)6;;;/h12-14H,7-11H2,1-6H3;7-10,14H,11H2,1-6H3;11-13H,7-10H2,1-6H3;3*1H4. The zero-order valence-corrected chi connectivity index (χ0v) is 36.8. The molecule has 0 amide bonds. The highest BCUT2D eigenvalue weighted by atomic mass is 15.3. The van der Waals surface area contributed by atoms with Gasteiger partial charge < -0.3 is 4.90 Å². The van der Waals surface area contributed by atoms with E-state index in [4.69, 9.17) is 0 Å². The lowest BCUT2D eigenvalue weighted by Gasteiger charge is -2.47. The van der Waals surface area contributed by atoms with E-state index in [-0.39, 0.29) is 27.8 Å². The Kier molecular flexibility index (Phi) is 16.6. The molecular weight excluding hydrogens is 643 g/mol. The predicted molar refractivity (Wildman–Crippen MR) is 242 cm³/mol. The van der Waals surface area contributed by atoms with Crippen molar-refractivity contribution in [3.63, 3.8) is 0 Å². The maximum Gasteiger partial charge on any atom is 0.0406 e. The van der Waals surface area contributed by atoms with Gasteiger partial charge >= 0.3 is 0 Å². The van der Waals surface area contributed by atoms with Gasteiger partial charge in [-0.25, -0.2) is 0 Å². The smallest absolute Gasteiger partial charge is 0.0406 e. The molecule has 0 spiro atoms. The Labute approximate surface area is 335 Å². The Bertz CT molecular complexity index is 1240. The molecule has 53 heavy (non-hydrogen) atoms. The average Bonchev–Trinajstić information content (AvgIpc) is 3.71. The number of hydrogen-bond acceptors (Lipinski definition) is 3. The van der Waals surface area contributed by atoms with E-state index < -0.39 is 0 Å². The van der Waals surface area contributed by atoms with Gasteiger partial charge in [0.25, 0.3) is 0 Å². The molecule has 0 N–H and O–H groups in total. The van der Waals surface area contributed by atoms with Crippen LogP contribution in [0.3, 0.4) is 0 Å². The Balaban J connectivity index is 0.000000387. The molecule has 7 unspecified atom stereocenters. The van der Waals surface area contributed by atoms with Gasteiger partial charge in [0, 0.05) is 52.5 Å². The second kappa shape index (κ2) is 17.6. The molecule has 0 bridgehead atoms. The van der Waals surface area contributed by atoms with E-state index in [1.165, 1.54) is 75.5 Å². The fourth-order valence-corrected chi connectivity index (χ4v) is 11.1. The third-order valence-electron chi connectivity index (χ3n) is 13.2. The van der Waals surface area contributed by atoms with Crippen LogP contribution >= 0.6 is 0 Å². The highest BCUT2D eigenvalue weighted by Crippen LogP contribution is 2.50. The highest BCUT2D eigenvalue weighted by molar-refractivity contribution is 5.61. The van der Waals surface area contributed by atoms with Gasteiger partial charge in [-0.2, -0.15) is 0 Å². The van der Waals surface area contributed by atoms with Crippen LogP contribution in [0.25, 0.3) is 0 Å². The largest absolute Gasteiger partial charge is 0.363 e. The molecule has 2 saturated heterocycles. The van der Waals surface area contributed by atoms with Crippen molar-refractivity contribution in [1.29, 1.82) is 0 Å². The number of benzene rings is 1. The molecule has 3 nitrogen and oxygen atoms in total. The van der Waals surface area contributed by atoms with Crippen molar-refractivity contribution in [1.82, 2.24) is 9.80 Å². The zero-order valence-electron chi connectivity index (χ0n) is 36.8. The number of nitrogens with zero attached hydrogens (tertiary/aromatic N) is 3. The van der Waals surface area contributed by atoms with Crippen LogP contribution in [0.5, 0.6) is 0 Å². The summed E-state index contributed by atoms with van der Waals surface area (Å²) < 4.78 is 0. The number of hydrogen-bond donors (Lipinski definition) is 0. The summed E-state index contributed by atoms with van der Waals surface area (Å²) in [5, 5.41) is 0. The van der Waals surface area contributed by atoms with E-state index in [9.17, 15) is 0 Å². The molecule has 0 radical (unpaired) electrons. The van der Waals surface area contributed by atoms with E-state index in [2.05, 4.69) is 164 Å².